The molecule has 5 atom stereocenters. The maximum Gasteiger partial charge on any atom is 0.265 e. The van der Waals surface area contributed by atoms with Crippen LogP contribution in [0.4, 0.5) is 0 Å². The maximum atomic E-state index is 15.8. The molecule has 0 amide bonds. The number of hydrogen-bond donors (Lipinski definition) is 2. The molecule has 1 aliphatic heterocycles. The lowest BCUT2D eigenvalue weighted by Gasteiger charge is -2.53. The van der Waals surface area contributed by atoms with E-state index in [2.05, 4.69) is 37.8 Å². The third kappa shape index (κ3) is 6.49. The number of ether oxygens (including phenoxy) is 3. The van der Waals surface area contributed by atoms with Crippen molar-refractivity contribution in [3.63, 3.8) is 0 Å². The SMILES string of the molecule is CCN1CCCC1c1cc(OCc2ccccc2)c2c(c1OC)C[C@H]1C[C@H]3[C@H](N)c4onc(OCc5ccccc5)c4C(=O)C3(O[Si](C)(C)C(C)(C)C)C(=O)C1=C2O. The summed E-state index contributed by atoms with van der Waals surface area (Å²) in [6.45, 7) is 14.6. The van der Waals surface area contributed by atoms with Crippen molar-refractivity contribution >= 4 is 25.6 Å². The highest BCUT2D eigenvalue weighted by atomic mass is 28.4. The number of hydrogen-bond acceptors (Lipinski definition) is 11. The van der Waals surface area contributed by atoms with Crippen LogP contribution in [0.5, 0.6) is 17.4 Å². The van der Waals surface area contributed by atoms with Crippen LogP contribution in [-0.2, 0) is 28.9 Å². The van der Waals surface area contributed by atoms with Gasteiger partial charge in [0.2, 0.25) is 11.6 Å². The summed E-state index contributed by atoms with van der Waals surface area (Å²) in [5, 5.41) is 16.5. The van der Waals surface area contributed by atoms with E-state index in [1.807, 2.05) is 79.8 Å². The molecule has 4 aromatic rings. The fourth-order valence-corrected chi connectivity index (χ4v) is 10.8. The van der Waals surface area contributed by atoms with Gasteiger partial charge in [-0.3, -0.25) is 14.5 Å². The lowest BCUT2D eigenvalue weighted by molar-refractivity contribution is -0.138. The number of carbonyl (C=O) groups excluding carboxylic acids is 2. The number of nitrogens with zero attached hydrogens (tertiary/aromatic N) is 2. The quantitative estimate of drug-likeness (QED) is 0.111. The smallest absolute Gasteiger partial charge is 0.265 e. The molecule has 3 aromatic carbocycles. The summed E-state index contributed by atoms with van der Waals surface area (Å²) in [6, 6.07) is 20.5. The Hall–Kier alpha value is -4.75. The first-order chi connectivity index (χ1) is 27.7. The van der Waals surface area contributed by atoms with Gasteiger partial charge in [-0.05, 0) is 85.2 Å². The number of aliphatic hydroxyl groups is 1. The third-order valence-corrected chi connectivity index (χ3v) is 17.8. The molecule has 58 heavy (non-hydrogen) atoms. The number of methoxy groups -OCH3 is 1. The maximum absolute atomic E-state index is 15.8. The molecule has 1 saturated carbocycles. The first-order valence-corrected chi connectivity index (χ1v) is 23.4. The van der Waals surface area contributed by atoms with Gasteiger partial charge >= 0.3 is 0 Å². The van der Waals surface area contributed by atoms with Gasteiger partial charge in [0.25, 0.3) is 5.88 Å². The number of rotatable bonds is 11. The highest BCUT2D eigenvalue weighted by molar-refractivity contribution is 6.74. The number of fused-ring (bicyclic) bond motifs is 4. The molecule has 4 aliphatic rings. The molecule has 2 heterocycles. The number of Topliss-reactive ketones (excluding diaryl/α,β-unsaturated/α-hetero) is 2. The Balaban J connectivity index is 1.30. The lowest BCUT2D eigenvalue weighted by Crippen LogP contribution is -2.68. The van der Waals surface area contributed by atoms with E-state index in [-0.39, 0.29) is 59.3 Å². The van der Waals surface area contributed by atoms with Crippen LogP contribution >= 0.6 is 0 Å². The number of nitrogens with two attached hydrogens (primary N) is 1. The van der Waals surface area contributed by atoms with Gasteiger partial charge in [0.05, 0.1) is 18.7 Å². The van der Waals surface area contributed by atoms with Crippen LogP contribution < -0.4 is 19.9 Å². The average molecular weight is 806 g/mol. The van der Waals surface area contributed by atoms with Gasteiger partial charge in [-0.2, -0.15) is 0 Å². The zero-order valence-corrected chi connectivity index (χ0v) is 35.6. The van der Waals surface area contributed by atoms with Crippen LogP contribution in [0.1, 0.15) is 103 Å². The first kappa shape index (κ1) is 40.0. The van der Waals surface area contributed by atoms with Crippen molar-refractivity contribution < 1.29 is 37.9 Å². The standard InChI is InChI=1S/C46H55N3O8Si/c1-8-49-21-15-20-33(49)30-24-34(54-25-27-16-11-9-12-17-27)36-31(40(30)53-5)22-29-23-32-38(47)41-37(44(48-56-41)55-26-28-18-13-10-14-19-28)43(52)46(32,42(51)35(29)39(36)50)57-58(6,7)45(2,3)4/h9-14,16-19,24,29,32-33,38,50H,8,15,20-23,25-26,47H2,1-7H3/t29-,32-,33?,38-,46?/m0/s1. The zero-order chi connectivity index (χ0) is 41.1. The summed E-state index contributed by atoms with van der Waals surface area (Å²) < 4.78 is 32.0. The molecule has 0 spiro atoms. The van der Waals surface area contributed by atoms with Crippen LogP contribution in [0, 0.1) is 11.8 Å². The molecule has 0 bridgehead atoms. The molecule has 3 aliphatic carbocycles. The van der Waals surface area contributed by atoms with E-state index < -0.39 is 43.4 Å². The van der Waals surface area contributed by atoms with E-state index >= 15 is 9.59 Å². The van der Waals surface area contributed by atoms with Crippen LogP contribution in [0.25, 0.3) is 5.76 Å². The number of likely N-dealkylation sites (tertiary alicyclic amines) is 1. The Labute approximate surface area is 341 Å². The summed E-state index contributed by atoms with van der Waals surface area (Å²) in [4.78, 5) is 33.6. The summed E-state index contributed by atoms with van der Waals surface area (Å²) in [5.74, 6) is -1.47. The highest BCUT2D eigenvalue weighted by Crippen LogP contribution is 2.59. The minimum Gasteiger partial charge on any atom is -0.507 e. The second-order valence-electron chi connectivity index (χ2n) is 17.7. The Morgan fingerprint density at radius 3 is 2.26 bits per heavy atom. The summed E-state index contributed by atoms with van der Waals surface area (Å²) in [6.07, 6.45) is 2.64. The normalized spacial score (nSPS) is 24.6. The summed E-state index contributed by atoms with van der Waals surface area (Å²) >= 11 is 0. The Kier molecular flexibility index (Phi) is 10.4. The number of benzene rings is 3. The highest BCUT2D eigenvalue weighted by Gasteiger charge is 2.68. The van der Waals surface area contributed by atoms with E-state index in [0.717, 1.165) is 48.2 Å². The molecule has 1 aromatic heterocycles. The van der Waals surface area contributed by atoms with Crippen molar-refractivity contribution in [2.24, 2.45) is 17.6 Å². The minimum absolute atomic E-state index is 0.0109. The van der Waals surface area contributed by atoms with Gasteiger partial charge in [-0.15, -0.1) is 0 Å². The lowest BCUT2D eigenvalue weighted by atomic mass is 9.57. The van der Waals surface area contributed by atoms with Crippen molar-refractivity contribution in [3.05, 3.63) is 111 Å². The second kappa shape index (κ2) is 15.1. The minimum atomic E-state index is -2.91. The van der Waals surface area contributed by atoms with Crippen molar-refractivity contribution in [3.8, 4) is 17.4 Å². The molecule has 2 unspecified atom stereocenters. The van der Waals surface area contributed by atoms with Crippen molar-refractivity contribution in [2.45, 2.75) is 102 Å². The molecule has 3 N–H and O–H groups in total. The molecule has 1 saturated heterocycles. The van der Waals surface area contributed by atoms with E-state index in [1.165, 1.54) is 0 Å². The monoisotopic (exact) mass is 805 g/mol. The molecular formula is C46H55N3O8Si. The Bertz CT molecular complexity index is 2250. The molecule has 11 nitrogen and oxygen atoms in total. The van der Waals surface area contributed by atoms with E-state index in [1.54, 1.807) is 7.11 Å². The fourth-order valence-electron chi connectivity index (χ4n) is 9.39. The van der Waals surface area contributed by atoms with E-state index in [4.69, 9.17) is 28.9 Å². The second-order valence-corrected chi connectivity index (χ2v) is 22.4. The van der Waals surface area contributed by atoms with Crippen molar-refractivity contribution in [2.75, 3.05) is 20.2 Å². The predicted octanol–water partition coefficient (Wildman–Crippen LogP) is 8.69. The van der Waals surface area contributed by atoms with E-state index in [9.17, 15) is 5.11 Å². The van der Waals surface area contributed by atoms with Gasteiger partial charge in [0.15, 0.2) is 19.7 Å². The molecule has 306 valence electrons. The largest absolute Gasteiger partial charge is 0.507 e. The van der Waals surface area contributed by atoms with Gasteiger partial charge in [0, 0.05) is 28.7 Å². The molecular weight excluding hydrogens is 751 g/mol. The number of aliphatic hydroxyl groups excluding tert-OH is 1. The van der Waals surface area contributed by atoms with Crippen molar-refractivity contribution in [1.82, 2.24) is 10.1 Å². The van der Waals surface area contributed by atoms with Gasteiger partial charge in [0.1, 0.15) is 36.0 Å². The summed E-state index contributed by atoms with van der Waals surface area (Å²) in [7, 11) is -1.25. The number of aromatic nitrogens is 1. The molecule has 8 rings (SSSR count). The fraction of sp³-hybridized carbons (Fsp3) is 0.457. The molecule has 2 fully saturated rings. The van der Waals surface area contributed by atoms with Crippen LogP contribution in [0.15, 0.2) is 76.8 Å². The zero-order valence-electron chi connectivity index (χ0n) is 34.6. The van der Waals surface area contributed by atoms with Gasteiger partial charge in [-0.25, -0.2) is 0 Å². The van der Waals surface area contributed by atoms with Gasteiger partial charge in [-0.1, -0.05) is 88.4 Å². The average Bonchev–Trinajstić information content (AvgIpc) is 3.87. The predicted molar refractivity (Wildman–Crippen MR) is 222 cm³/mol. The summed E-state index contributed by atoms with van der Waals surface area (Å²) in [5.41, 5.74) is 9.22. The van der Waals surface area contributed by atoms with Gasteiger partial charge < -0.3 is 34.0 Å². The Morgan fingerprint density at radius 1 is 0.983 bits per heavy atom. The molecule has 0 radical (unpaired) electrons. The number of carbonyl (C=O) groups is 2. The number of ketones is 2. The third-order valence-electron chi connectivity index (χ3n) is 13.4. The molecule has 12 heteroatoms. The first-order valence-electron chi connectivity index (χ1n) is 20.5. The van der Waals surface area contributed by atoms with Crippen LogP contribution in [0.3, 0.4) is 0 Å². The van der Waals surface area contributed by atoms with E-state index in [0.29, 0.717) is 23.5 Å². The van der Waals surface area contributed by atoms with Crippen molar-refractivity contribution in [1.29, 1.82) is 0 Å². The van der Waals surface area contributed by atoms with Crippen LogP contribution in [0.2, 0.25) is 18.1 Å². The topological polar surface area (TPSA) is 147 Å². The van der Waals surface area contributed by atoms with Crippen LogP contribution in [-0.4, -0.2) is 60.8 Å². The Morgan fingerprint density at radius 2 is 1.64 bits per heavy atom.